The molecule has 0 aliphatic carbocycles. The Labute approximate surface area is 182 Å². The molecule has 6 heteroatoms. The number of ether oxygens (including phenoxy) is 2. The molecule has 0 radical (unpaired) electrons. The Bertz CT molecular complexity index is 919. The van der Waals surface area contributed by atoms with Gasteiger partial charge in [-0.1, -0.05) is 42.5 Å². The SMILES string of the molecule is CCOc1cccc(CNCCc2ccc(F)cc2)c1OCc1ccccc1F.Cl. The molecule has 0 aliphatic heterocycles. The van der Waals surface area contributed by atoms with Gasteiger partial charge in [-0.05, 0) is 49.7 Å². The predicted molar refractivity (Wildman–Crippen MR) is 117 cm³/mol. The summed E-state index contributed by atoms with van der Waals surface area (Å²) in [5, 5.41) is 3.38. The third-order valence-electron chi connectivity index (χ3n) is 4.51. The van der Waals surface area contributed by atoms with Crippen molar-refractivity contribution >= 4 is 12.4 Å². The summed E-state index contributed by atoms with van der Waals surface area (Å²) in [4.78, 5) is 0. The van der Waals surface area contributed by atoms with E-state index in [1.54, 1.807) is 30.3 Å². The van der Waals surface area contributed by atoms with E-state index in [0.717, 1.165) is 24.1 Å². The largest absolute Gasteiger partial charge is 0.490 e. The Hall–Kier alpha value is -2.63. The van der Waals surface area contributed by atoms with Gasteiger partial charge in [0.15, 0.2) is 11.5 Å². The van der Waals surface area contributed by atoms with Gasteiger partial charge in [0.2, 0.25) is 0 Å². The van der Waals surface area contributed by atoms with E-state index in [9.17, 15) is 8.78 Å². The normalized spacial score (nSPS) is 10.4. The molecule has 0 aliphatic rings. The van der Waals surface area contributed by atoms with Gasteiger partial charge in [-0.3, -0.25) is 0 Å². The van der Waals surface area contributed by atoms with E-state index >= 15 is 0 Å². The van der Waals surface area contributed by atoms with Crippen molar-refractivity contribution in [3.05, 3.63) is 95.1 Å². The average molecular weight is 434 g/mol. The van der Waals surface area contributed by atoms with Crippen LogP contribution in [0.5, 0.6) is 11.5 Å². The molecule has 3 aromatic carbocycles. The van der Waals surface area contributed by atoms with E-state index in [0.29, 0.717) is 30.2 Å². The molecule has 0 saturated carbocycles. The summed E-state index contributed by atoms with van der Waals surface area (Å²) in [5.74, 6) is 0.736. The molecule has 160 valence electrons. The lowest BCUT2D eigenvalue weighted by Crippen LogP contribution is -2.17. The topological polar surface area (TPSA) is 30.5 Å². The Balaban J connectivity index is 0.00000320. The van der Waals surface area contributed by atoms with Crippen molar-refractivity contribution in [2.75, 3.05) is 13.2 Å². The zero-order chi connectivity index (χ0) is 20.5. The summed E-state index contributed by atoms with van der Waals surface area (Å²) in [7, 11) is 0. The van der Waals surface area contributed by atoms with E-state index in [2.05, 4.69) is 5.32 Å². The second kappa shape index (κ2) is 12.2. The van der Waals surface area contributed by atoms with Crippen LogP contribution in [-0.2, 0) is 19.6 Å². The Morgan fingerprint density at radius 1 is 0.833 bits per heavy atom. The van der Waals surface area contributed by atoms with E-state index in [4.69, 9.17) is 9.47 Å². The number of hydrogen-bond donors (Lipinski definition) is 1. The molecule has 0 aromatic heterocycles. The first-order valence-electron chi connectivity index (χ1n) is 9.73. The lowest BCUT2D eigenvalue weighted by Gasteiger charge is -2.17. The van der Waals surface area contributed by atoms with E-state index in [-0.39, 0.29) is 30.6 Å². The quantitative estimate of drug-likeness (QED) is 0.416. The molecule has 0 atom stereocenters. The fourth-order valence-corrected chi connectivity index (χ4v) is 3.01. The van der Waals surface area contributed by atoms with Gasteiger partial charge in [0.1, 0.15) is 18.2 Å². The second-order valence-electron chi connectivity index (χ2n) is 6.61. The van der Waals surface area contributed by atoms with Crippen LogP contribution in [0, 0.1) is 11.6 Å². The lowest BCUT2D eigenvalue weighted by molar-refractivity contribution is 0.262. The molecule has 3 rings (SSSR count). The van der Waals surface area contributed by atoms with Gasteiger partial charge in [0, 0.05) is 17.7 Å². The zero-order valence-electron chi connectivity index (χ0n) is 16.9. The van der Waals surface area contributed by atoms with Gasteiger partial charge >= 0.3 is 0 Å². The van der Waals surface area contributed by atoms with Gasteiger partial charge < -0.3 is 14.8 Å². The molecular formula is C24H26ClF2NO2. The summed E-state index contributed by atoms with van der Waals surface area (Å²) >= 11 is 0. The highest BCUT2D eigenvalue weighted by atomic mass is 35.5. The molecule has 0 bridgehead atoms. The van der Waals surface area contributed by atoms with Gasteiger partial charge in [0.25, 0.3) is 0 Å². The van der Waals surface area contributed by atoms with Gasteiger partial charge in [-0.15, -0.1) is 12.4 Å². The smallest absolute Gasteiger partial charge is 0.166 e. The summed E-state index contributed by atoms with van der Waals surface area (Å²) in [5.41, 5.74) is 2.50. The van der Waals surface area contributed by atoms with E-state index in [1.807, 2.05) is 25.1 Å². The lowest BCUT2D eigenvalue weighted by atomic mass is 10.1. The minimum atomic E-state index is -0.291. The van der Waals surface area contributed by atoms with Gasteiger partial charge in [-0.2, -0.15) is 0 Å². The molecule has 0 heterocycles. The highest BCUT2D eigenvalue weighted by Crippen LogP contribution is 2.32. The van der Waals surface area contributed by atoms with Crippen molar-refractivity contribution in [3.63, 3.8) is 0 Å². The fourth-order valence-electron chi connectivity index (χ4n) is 3.01. The first kappa shape index (κ1) is 23.6. The zero-order valence-corrected chi connectivity index (χ0v) is 17.7. The minimum absolute atomic E-state index is 0. The van der Waals surface area contributed by atoms with Crippen LogP contribution in [0.1, 0.15) is 23.6 Å². The average Bonchev–Trinajstić information content (AvgIpc) is 2.73. The monoisotopic (exact) mass is 433 g/mol. The molecule has 30 heavy (non-hydrogen) atoms. The number of benzene rings is 3. The summed E-state index contributed by atoms with van der Waals surface area (Å²) in [6.07, 6.45) is 0.789. The van der Waals surface area contributed by atoms with Crippen molar-refractivity contribution in [3.8, 4) is 11.5 Å². The van der Waals surface area contributed by atoms with Crippen molar-refractivity contribution in [1.29, 1.82) is 0 Å². The molecule has 0 saturated heterocycles. The second-order valence-corrected chi connectivity index (χ2v) is 6.61. The number of para-hydroxylation sites is 1. The van der Waals surface area contributed by atoms with Crippen LogP contribution in [0.3, 0.4) is 0 Å². The molecule has 3 aromatic rings. The van der Waals surface area contributed by atoms with Gasteiger partial charge in [-0.25, -0.2) is 8.78 Å². The Morgan fingerprint density at radius 2 is 1.57 bits per heavy atom. The maximum Gasteiger partial charge on any atom is 0.166 e. The van der Waals surface area contributed by atoms with Crippen LogP contribution in [0.2, 0.25) is 0 Å². The molecule has 0 spiro atoms. The molecule has 0 unspecified atom stereocenters. The van der Waals surface area contributed by atoms with Crippen molar-refractivity contribution in [2.24, 2.45) is 0 Å². The summed E-state index contributed by atoms with van der Waals surface area (Å²) in [6, 6.07) is 18.8. The van der Waals surface area contributed by atoms with Crippen LogP contribution in [0.15, 0.2) is 66.7 Å². The van der Waals surface area contributed by atoms with E-state index < -0.39 is 0 Å². The standard InChI is InChI=1S/C24H25F2NO2.ClH/c1-2-28-23-9-5-7-19(16-27-15-14-18-10-12-21(25)13-11-18)24(23)29-17-20-6-3-4-8-22(20)26;/h3-13,27H,2,14-17H2,1H3;1H. The minimum Gasteiger partial charge on any atom is -0.490 e. The third kappa shape index (κ3) is 6.71. The van der Waals surface area contributed by atoms with Crippen molar-refractivity contribution in [1.82, 2.24) is 5.32 Å². The third-order valence-corrected chi connectivity index (χ3v) is 4.51. The highest BCUT2D eigenvalue weighted by Gasteiger charge is 2.12. The van der Waals surface area contributed by atoms with Gasteiger partial charge in [0.05, 0.1) is 6.61 Å². The first-order valence-corrected chi connectivity index (χ1v) is 9.73. The maximum absolute atomic E-state index is 13.9. The number of halogens is 3. The van der Waals surface area contributed by atoms with Crippen LogP contribution in [0.4, 0.5) is 8.78 Å². The Kier molecular flexibility index (Phi) is 9.58. The predicted octanol–water partition coefficient (Wildman–Crippen LogP) is 5.70. The molecule has 3 nitrogen and oxygen atoms in total. The highest BCUT2D eigenvalue weighted by molar-refractivity contribution is 5.85. The Morgan fingerprint density at radius 3 is 2.30 bits per heavy atom. The van der Waals surface area contributed by atoms with Crippen LogP contribution in [0.25, 0.3) is 0 Å². The van der Waals surface area contributed by atoms with Crippen LogP contribution in [-0.4, -0.2) is 13.2 Å². The van der Waals surface area contributed by atoms with E-state index in [1.165, 1.54) is 18.2 Å². The number of hydrogen-bond acceptors (Lipinski definition) is 3. The number of nitrogens with one attached hydrogen (secondary N) is 1. The summed E-state index contributed by atoms with van der Waals surface area (Å²) < 4.78 is 38.6. The van der Waals surface area contributed by atoms with Crippen LogP contribution >= 0.6 is 12.4 Å². The molecule has 0 amide bonds. The van der Waals surface area contributed by atoms with Crippen LogP contribution < -0.4 is 14.8 Å². The maximum atomic E-state index is 13.9. The summed E-state index contributed by atoms with van der Waals surface area (Å²) in [6.45, 7) is 3.86. The number of rotatable bonds is 10. The molecule has 0 fully saturated rings. The molecule has 1 N–H and O–H groups in total. The van der Waals surface area contributed by atoms with Crippen molar-refractivity contribution < 1.29 is 18.3 Å². The first-order chi connectivity index (χ1) is 14.2. The fraction of sp³-hybridized carbons (Fsp3) is 0.250. The van der Waals surface area contributed by atoms with Crippen molar-refractivity contribution in [2.45, 2.75) is 26.5 Å². The molecular weight excluding hydrogens is 408 g/mol.